The van der Waals surface area contributed by atoms with Crippen LogP contribution in [0.1, 0.15) is 41.5 Å². The van der Waals surface area contributed by atoms with Crippen molar-refractivity contribution in [3.63, 3.8) is 0 Å². The van der Waals surface area contributed by atoms with Gasteiger partial charge in [0, 0.05) is 13.1 Å². The number of aliphatic hydroxyl groups is 1. The molecule has 32 heavy (non-hydrogen) atoms. The molecule has 1 aliphatic heterocycles. The van der Waals surface area contributed by atoms with Gasteiger partial charge in [0.1, 0.15) is 6.33 Å². The van der Waals surface area contributed by atoms with Crippen molar-refractivity contribution in [2.24, 2.45) is 0 Å². The molecule has 0 bridgehead atoms. The summed E-state index contributed by atoms with van der Waals surface area (Å²) < 4.78 is 1.56. The molecule has 1 saturated heterocycles. The summed E-state index contributed by atoms with van der Waals surface area (Å²) in [6, 6.07) is 15.5. The van der Waals surface area contributed by atoms with Crippen LogP contribution in [0.25, 0.3) is 5.69 Å². The monoisotopic (exact) mass is 430 g/mol. The summed E-state index contributed by atoms with van der Waals surface area (Å²) in [5.41, 5.74) is 3.75. The average Bonchev–Trinajstić information content (AvgIpc) is 3.34. The zero-order valence-electron chi connectivity index (χ0n) is 18.1. The van der Waals surface area contributed by atoms with E-state index in [2.05, 4.69) is 21.6 Å². The lowest BCUT2D eigenvalue weighted by Gasteiger charge is -2.38. The first-order chi connectivity index (χ1) is 15.5. The molecule has 2 heterocycles. The third-order valence-corrected chi connectivity index (χ3v) is 6.38. The van der Waals surface area contributed by atoms with Crippen molar-refractivity contribution in [3.05, 3.63) is 71.0 Å². The number of carbonyl (C=O) groups excluding carboxylic acids is 1. The molecule has 0 atom stereocenters. The van der Waals surface area contributed by atoms with E-state index in [4.69, 9.17) is 0 Å². The highest BCUT2D eigenvalue weighted by atomic mass is 16.3. The largest absolute Gasteiger partial charge is 0.390 e. The number of nitrogens with zero attached hydrogens (tertiary/aromatic N) is 6. The van der Waals surface area contributed by atoms with Crippen LogP contribution in [0.2, 0.25) is 0 Å². The third-order valence-electron chi connectivity index (χ3n) is 6.38. The highest BCUT2D eigenvalue weighted by molar-refractivity contribution is 5.79. The topological polar surface area (TPSA) is 108 Å². The Labute approximate surface area is 187 Å². The second-order valence-corrected chi connectivity index (χ2v) is 8.40. The van der Waals surface area contributed by atoms with Gasteiger partial charge in [0.05, 0.1) is 29.3 Å². The van der Waals surface area contributed by atoms with E-state index in [1.54, 1.807) is 4.68 Å². The Morgan fingerprint density at radius 1 is 1.19 bits per heavy atom. The predicted octanol–water partition coefficient (Wildman–Crippen LogP) is 2.37. The molecule has 1 fully saturated rings. The number of benzene rings is 2. The van der Waals surface area contributed by atoms with Crippen LogP contribution < -0.4 is 0 Å². The molecule has 1 aliphatic rings. The van der Waals surface area contributed by atoms with Crippen LogP contribution in [0, 0.1) is 18.3 Å². The van der Waals surface area contributed by atoms with Gasteiger partial charge in [0.2, 0.25) is 5.91 Å². The number of rotatable bonds is 6. The van der Waals surface area contributed by atoms with Gasteiger partial charge in [-0.2, -0.15) is 5.26 Å². The minimum atomic E-state index is -0.778. The number of aryl methyl sites for hydroxylation is 1. The van der Waals surface area contributed by atoms with E-state index in [0.717, 1.165) is 28.8 Å². The number of carbonyl (C=O) groups is 1. The smallest absolute Gasteiger partial charge is 0.226 e. The van der Waals surface area contributed by atoms with Gasteiger partial charge in [-0.05, 0) is 77.9 Å². The van der Waals surface area contributed by atoms with Crippen molar-refractivity contribution in [2.45, 2.75) is 44.6 Å². The summed E-state index contributed by atoms with van der Waals surface area (Å²) in [6.07, 6.45) is 4.33. The van der Waals surface area contributed by atoms with Crippen LogP contribution in [0.15, 0.2) is 48.8 Å². The Bertz CT molecular complexity index is 1110. The van der Waals surface area contributed by atoms with E-state index in [9.17, 15) is 15.2 Å². The molecule has 2 aromatic carbocycles. The van der Waals surface area contributed by atoms with Crippen LogP contribution in [0.4, 0.5) is 0 Å². The maximum Gasteiger partial charge on any atom is 0.226 e. The number of piperidine rings is 1. The number of tetrazole rings is 1. The molecule has 0 spiro atoms. The second kappa shape index (κ2) is 9.28. The third kappa shape index (κ3) is 4.84. The van der Waals surface area contributed by atoms with Gasteiger partial charge in [0.15, 0.2) is 0 Å². The molecule has 164 valence electrons. The van der Waals surface area contributed by atoms with Gasteiger partial charge >= 0.3 is 0 Å². The van der Waals surface area contributed by atoms with Crippen molar-refractivity contribution in [1.82, 2.24) is 25.1 Å². The summed E-state index contributed by atoms with van der Waals surface area (Å²) >= 11 is 0. The Hall–Kier alpha value is -3.57. The normalized spacial score (nSPS) is 15.3. The van der Waals surface area contributed by atoms with E-state index < -0.39 is 5.60 Å². The van der Waals surface area contributed by atoms with E-state index in [1.807, 2.05) is 54.3 Å². The number of nitriles is 1. The maximum atomic E-state index is 12.8. The molecule has 1 aromatic heterocycles. The first kappa shape index (κ1) is 21.7. The maximum absolute atomic E-state index is 12.8. The molecular weight excluding hydrogens is 404 g/mol. The van der Waals surface area contributed by atoms with Gasteiger partial charge in [0.25, 0.3) is 0 Å². The number of hydrogen-bond acceptors (Lipinski definition) is 6. The van der Waals surface area contributed by atoms with E-state index >= 15 is 0 Å². The molecule has 8 heteroatoms. The fourth-order valence-electron chi connectivity index (χ4n) is 4.20. The lowest BCUT2D eigenvalue weighted by Crippen LogP contribution is -2.47. The van der Waals surface area contributed by atoms with E-state index in [-0.39, 0.29) is 5.91 Å². The number of hydrogen-bond donors (Lipinski definition) is 1. The van der Waals surface area contributed by atoms with Crippen LogP contribution in [0.3, 0.4) is 0 Å². The fraction of sp³-hybridized carbons (Fsp3) is 0.375. The van der Waals surface area contributed by atoms with Gasteiger partial charge in [-0.3, -0.25) is 4.79 Å². The summed E-state index contributed by atoms with van der Waals surface area (Å²) in [6.45, 7) is 3.05. The molecule has 1 N–H and O–H groups in total. The lowest BCUT2D eigenvalue weighted by atomic mass is 9.84. The summed E-state index contributed by atoms with van der Waals surface area (Å²) in [7, 11) is 0. The Morgan fingerprint density at radius 2 is 1.94 bits per heavy atom. The van der Waals surface area contributed by atoms with Crippen molar-refractivity contribution < 1.29 is 9.90 Å². The molecule has 0 unspecified atom stereocenters. The van der Waals surface area contributed by atoms with E-state index in [1.165, 1.54) is 6.33 Å². The number of aromatic nitrogens is 4. The standard InChI is InChI=1S/C24H26N6O2/c1-18-20(3-2-4-21(18)16-25)9-10-24(32)11-13-29(14-12-24)23(31)15-19-5-7-22(8-6-19)30-17-26-27-28-30/h2-8,17,32H,9-15H2,1H3. The minimum absolute atomic E-state index is 0.0692. The van der Waals surface area contributed by atoms with Crippen LogP contribution >= 0.6 is 0 Å². The summed E-state index contributed by atoms with van der Waals surface area (Å²) in [5, 5.41) is 31.3. The number of amides is 1. The van der Waals surface area contributed by atoms with Crippen molar-refractivity contribution in [1.29, 1.82) is 5.26 Å². The van der Waals surface area contributed by atoms with Gasteiger partial charge < -0.3 is 10.0 Å². The fourth-order valence-corrected chi connectivity index (χ4v) is 4.20. The molecular formula is C24H26N6O2. The van der Waals surface area contributed by atoms with Crippen LogP contribution in [-0.2, 0) is 17.6 Å². The number of likely N-dealkylation sites (tertiary alicyclic amines) is 1. The van der Waals surface area contributed by atoms with E-state index in [0.29, 0.717) is 44.3 Å². The highest BCUT2D eigenvalue weighted by Crippen LogP contribution is 2.28. The first-order valence-corrected chi connectivity index (χ1v) is 10.8. The minimum Gasteiger partial charge on any atom is -0.390 e. The lowest BCUT2D eigenvalue weighted by molar-refractivity contribution is -0.134. The second-order valence-electron chi connectivity index (χ2n) is 8.40. The molecule has 3 aromatic rings. The molecule has 1 amide bonds. The zero-order chi connectivity index (χ0) is 22.6. The van der Waals surface area contributed by atoms with Crippen molar-refractivity contribution >= 4 is 5.91 Å². The first-order valence-electron chi connectivity index (χ1n) is 10.8. The zero-order valence-corrected chi connectivity index (χ0v) is 18.1. The molecule has 0 radical (unpaired) electrons. The average molecular weight is 431 g/mol. The Morgan fingerprint density at radius 3 is 2.59 bits per heavy atom. The molecule has 8 nitrogen and oxygen atoms in total. The van der Waals surface area contributed by atoms with Gasteiger partial charge in [-0.1, -0.05) is 24.3 Å². The summed E-state index contributed by atoms with van der Waals surface area (Å²) in [5.74, 6) is 0.0692. The molecule has 0 aliphatic carbocycles. The SMILES string of the molecule is Cc1c(C#N)cccc1CCC1(O)CCN(C(=O)Cc2ccc(-n3cnnn3)cc2)CC1. The highest BCUT2D eigenvalue weighted by Gasteiger charge is 2.33. The molecule has 4 rings (SSSR count). The predicted molar refractivity (Wildman–Crippen MR) is 118 cm³/mol. The van der Waals surface area contributed by atoms with Gasteiger partial charge in [-0.25, -0.2) is 4.68 Å². The van der Waals surface area contributed by atoms with Crippen LogP contribution in [0.5, 0.6) is 0 Å². The van der Waals surface area contributed by atoms with Crippen molar-refractivity contribution in [2.75, 3.05) is 13.1 Å². The summed E-state index contributed by atoms with van der Waals surface area (Å²) in [4.78, 5) is 14.6. The Balaban J connectivity index is 1.29. The molecule has 0 saturated carbocycles. The van der Waals surface area contributed by atoms with Crippen molar-refractivity contribution in [3.8, 4) is 11.8 Å². The quantitative estimate of drug-likeness (QED) is 0.643. The Kier molecular flexibility index (Phi) is 6.28. The van der Waals surface area contributed by atoms with Crippen LogP contribution in [-0.4, -0.2) is 54.8 Å². The van der Waals surface area contributed by atoms with Gasteiger partial charge in [-0.15, -0.1) is 5.10 Å².